The van der Waals surface area contributed by atoms with Gasteiger partial charge >= 0.3 is 21.2 Å². The fourth-order valence-corrected chi connectivity index (χ4v) is 4.77. The minimum Gasteiger partial charge on any atom is -0.490 e. The highest BCUT2D eigenvalue weighted by Gasteiger charge is 2.17. The molecular formula is C18H20IO+. The van der Waals surface area contributed by atoms with E-state index in [9.17, 15) is 0 Å². The molecule has 1 aliphatic carbocycles. The van der Waals surface area contributed by atoms with Crippen molar-refractivity contribution in [2.45, 2.75) is 38.2 Å². The average Bonchev–Trinajstić information content (AvgIpc) is 2.51. The molecule has 1 saturated carbocycles. The fraction of sp³-hybridized carbons (Fsp3) is 0.333. The zero-order chi connectivity index (χ0) is 13.6. The summed E-state index contributed by atoms with van der Waals surface area (Å²) in [7, 11) is 0. The largest absolute Gasteiger partial charge is 0.490 e. The Labute approximate surface area is 131 Å². The van der Waals surface area contributed by atoms with Crippen LogP contribution in [0.4, 0.5) is 0 Å². The standard InChI is InChI=1S/C18H20IO/c1-3-7-15(8-4-1)19-16-11-13-18(14-12-16)20-17-9-5-2-6-10-17/h1,3-4,7-8,11-14,17H,2,5-6,9-10H2/q+1. The Morgan fingerprint density at radius 1 is 0.750 bits per heavy atom. The Balaban J connectivity index is 1.59. The van der Waals surface area contributed by atoms with E-state index in [0.29, 0.717) is 6.10 Å². The Morgan fingerprint density at radius 3 is 2.10 bits per heavy atom. The lowest BCUT2D eigenvalue weighted by molar-refractivity contribution is -0.597. The summed E-state index contributed by atoms with van der Waals surface area (Å²) < 4.78 is 8.99. The third kappa shape index (κ3) is 3.98. The van der Waals surface area contributed by atoms with Gasteiger partial charge in [0.15, 0.2) is 7.14 Å². The summed E-state index contributed by atoms with van der Waals surface area (Å²) in [5, 5.41) is 0. The summed E-state index contributed by atoms with van der Waals surface area (Å²) >= 11 is -0.0603. The molecule has 1 nitrogen and oxygen atoms in total. The highest BCUT2D eigenvalue weighted by atomic mass is 127. The molecule has 0 N–H and O–H groups in total. The van der Waals surface area contributed by atoms with Crippen LogP contribution in [0.15, 0.2) is 54.6 Å². The van der Waals surface area contributed by atoms with Gasteiger partial charge in [0.2, 0.25) is 0 Å². The molecule has 0 atom stereocenters. The molecule has 2 aromatic rings. The molecule has 2 heteroatoms. The molecule has 20 heavy (non-hydrogen) atoms. The second kappa shape index (κ2) is 7.11. The summed E-state index contributed by atoms with van der Waals surface area (Å²) in [6, 6.07) is 19.5. The van der Waals surface area contributed by atoms with E-state index in [-0.39, 0.29) is 21.2 Å². The molecule has 2 aromatic carbocycles. The summed E-state index contributed by atoms with van der Waals surface area (Å²) in [5.74, 6) is 1.04. The predicted molar refractivity (Wildman–Crippen MR) is 77.8 cm³/mol. The van der Waals surface area contributed by atoms with Crippen molar-refractivity contribution in [2.24, 2.45) is 0 Å². The lowest BCUT2D eigenvalue weighted by atomic mass is 9.98. The molecule has 0 unspecified atom stereocenters. The zero-order valence-corrected chi connectivity index (χ0v) is 13.8. The van der Waals surface area contributed by atoms with E-state index >= 15 is 0 Å². The van der Waals surface area contributed by atoms with Crippen molar-refractivity contribution in [1.82, 2.24) is 0 Å². The topological polar surface area (TPSA) is 9.23 Å². The first-order valence-corrected chi connectivity index (χ1v) is 9.52. The molecule has 0 saturated heterocycles. The van der Waals surface area contributed by atoms with Crippen molar-refractivity contribution < 1.29 is 25.9 Å². The summed E-state index contributed by atoms with van der Waals surface area (Å²) in [6.45, 7) is 0. The van der Waals surface area contributed by atoms with E-state index in [4.69, 9.17) is 4.74 Å². The number of hydrogen-bond donors (Lipinski definition) is 0. The monoisotopic (exact) mass is 379 g/mol. The van der Waals surface area contributed by atoms with Gasteiger partial charge in [0.05, 0.1) is 6.10 Å². The van der Waals surface area contributed by atoms with E-state index in [1.807, 2.05) is 0 Å². The Kier molecular flexibility index (Phi) is 4.96. The van der Waals surface area contributed by atoms with Gasteiger partial charge in [-0.15, -0.1) is 0 Å². The second-order valence-electron chi connectivity index (χ2n) is 5.22. The molecule has 0 heterocycles. The van der Waals surface area contributed by atoms with Crippen LogP contribution in [0, 0.1) is 7.14 Å². The first-order valence-electron chi connectivity index (χ1n) is 7.37. The fourth-order valence-electron chi connectivity index (χ4n) is 2.56. The molecule has 0 aliphatic heterocycles. The molecule has 3 rings (SSSR count). The highest BCUT2D eigenvalue weighted by molar-refractivity contribution is 5.21. The van der Waals surface area contributed by atoms with Crippen LogP contribution in [0.5, 0.6) is 5.75 Å². The lowest BCUT2D eigenvalue weighted by Crippen LogP contribution is -3.61. The van der Waals surface area contributed by atoms with Gasteiger partial charge in [-0.2, -0.15) is 0 Å². The van der Waals surface area contributed by atoms with Crippen molar-refractivity contribution in [3.05, 3.63) is 61.7 Å². The molecule has 0 aromatic heterocycles. The van der Waals surface area contributed by atoms with Crippen molar-refractivity contribution in [3.8, 4) is 5.75 Å². The second-order valence-corrected chi connectivity index (χ2v) is 8.25. The van der Waals surface area contributed by atoms with Crippen LogP contribution in [-0.4, -0.2) is 6.10 Å². The summed E-state index contributed by atoms with van der Waals surface area (Å²) in [6.07, 6.45) is 6.90. The number of hydrogen-bond acceptors (Lipinski definition) is 1. The molecule has 0 radical (unpaired) electrons. The molecule has 0 bridgehead atoms. The van der Waals surface area contributed by atoms with Gasteiger partial charge in [-0.3, -0.25) is 0 Å². The number of benzene rings is 2. The normalized spacial score (nSPS) is 16.0. The van der Waals surface area contributed by atoms with Crippen LogP contribution in [0.25, 0.3) is 0 Å². The molecule has 0 spiro atoms. The number of ether oxygens (including phenoxy) is 1. The summed E-state index contributed by atoms with van der Waals surface area (Å²) in [4.78, 5) is 0. The van der Waals surface area contributed by atoms with Gasteiger partial charge in [-0.1, -0.05) is 24.6 Å². The first kappa shape index (κ1) is 13.9. The van der Waals surface area contributed by atoms with Crippen LogP contribution in [-0.2, 0) is 0 Å². The number of halogens is 1. The SMILES string of the molecule is c1ccc([I+]c2ccc(OC3CCCCC3)cc2)cc1. The van der Waals surface area contributed by atoms with Gasteiger partial charge in [0.1, 0.15) is 5.75 Å². The quantitative estimate of drug-likeness (QED) is 0.733. The van der Waals surface area contributed by atoms with Gasteiger partial charge in [-0.25, -0.2) is 0 Å². The summed E-state index contributed by atoms with van der Waals surface area (Å²) in [5.41, 5.74) is 0. The predicted octanol–water partition coefficient (Wildman–Crippen LogP) is 1.53. The maximum atomic E-state index is 6.07. The van der Waals surface area contributed by atoms with Crippen LogP contribution < -0.4 is 25.9 Å². The highest BCUT2D eigenvalue weighted by Crippen LogP contribution is 2.22. The third-order valence-electron chi connectivity index (χ3n) is 3.62. The van der Waals surface area contributed by atoms with Crippen molar-refractivity contribution >= 4 is 0 Å². The van der Waals surface area contributed by atoms with Gasteiger partial charge < -0.3 is 4.74 Å². The van der Waals surface area contributed by atoms with Gasteiger partial charge in [-0.05, 0) is 62.1 Å². The zero-order valence-electron chi connectivity index (χ0n) is 11.6. The van der Waals surface area contributed by atoms with Crippen molar-refractivity contribution in [1.29, 1.82) is 0 Å². The van der Waals surface area contributed by atoms with E-state index in [1.165, 1.54) is 39.2 Å². The minimum absolute atomic E-state index is 0.0603. The maximum Gasteiger partial charge on any atom is 0.357 e. The maximum absolute atomic E-state index is 6.07. The smallest absolute Gasteiger partial charge is 0.357 e. The minimum atomic E-state index is -0.0603. The first-order chi connectivity index (χ1) is 9.90. The van der Waals surface area contributed by atoms with E-state index in [2.05, 4.69) is 54.6 Å². The van der Waals surface area contributed by atoms with E-state index < -0.39 is 0 Å². The van der Waals surface area contributed by atoms with Gasteiger partial charge in [0, 0.05) is 0 Å². The molecule has 0 amide bonds. The van der Waals surface area contributed by atoms with E-state index in [0.717, 1.165) is 5.75 Å². The molecule has 1 aliphatic rings. The average molecular weight is 379 g/mol. The van der Waals surface area contributed by atoms with Crippen LogP contribution in [0.1, 0.15) is 32.1 Å². The molecule has 1 fully saturated rings. The van der Waals surface area contributed by atoms with Crippen LogP contribution >= 0.6 is 0 Å². The Morgan fingerprint density at radius 2 is 1.40 bits per heavy atom. The van der Waals surface area contributed by atoms with Crippen LogP contribution in [0.3, 0.4) is 0 Å². The third-order valence-corrected chi connectivity index (χ3v) is 6.30. The molecular weight excluding hydrogens is 359 g/mol. The Bertz CT molecular complexity index is 515. The Hall–Kier alpha value is -1.03. The lowest BCUT2D eigenvalue weighted by Gasteiger charge is -2.22. The van der Waals surface area contributed by atoms with Crippen molar-refractivity contribution in [3.63, 3.8) is 0 Å². The van der Waals surface area contributed by atoms with Crippen LogP contribution in [0.2, 0.25) is 0 Å². The van der Waals surface area contributed by atoms with E-state index in [1.54, 1.807) is 0 Å². The number of rotatable bonds is 4. The molecule has 104 valence electrons. The van der Waals surface area contributed by atoms with Gasteiger partial charge in [0.25, 0.3) is 0 Å². The van der Waals surface area contributed by atoms with Crippen molar-refractivity contribution in [2.75, 3.05) is 0 Å².